The zero-order valence-corrected chi connectivity index (χ0v) is 16.3. The van der Waals surface area contributed by atoms with Crippen LogP contribution in [-0.2, 0) is 32.5 Å². The second-order valence-electron chi connectivity index (χ2n) is 6.80. The molecule has 1 aromatic rings. The molecular weight excluding hydrogens is 358 g/mol. The van der Waals surface area contributed by atoms with E-state index in [1.54, 1.807) is 34.1 Å². The van der Waals surface area contributed by atoms with E-state index in [9.17, 15) is 8.42 Å². The van der Waals surface area contributed by atoms with E-state index in [-0.39, 0.29) is 6.10 Å². The van der Waals surface area contributed by atoms with Crippen LogP contribution in [0.5, 0.6) is 11.5 Å². The highest BCUT2D eigenvalue weighted by atomic mass is 32.2. The smallest absolute Gasteiger partial charge is 0.236 e. The zero-order valence-electron chi connectivity index (χ0n) is 15.5. The zero-order chi connectivity index (χ0) is 18.9. The first kappa shape index (κ1) is 19.2. The summed E-state index contributed by atoms with van der Waals surface area (Å²) in [5.41, 5.74) is 2.00. The third-order valence-electron chi connectivity index (χ3n) is 4.54. The van der Waals surface area contributed by atoms with Gasteiger partial charge >= 0.3 is 0 Å². The van der Waals surface area contributed by atoms with E-state index in [2.05, 4.69) is 0 Å². The first-order valence-corrected chi connectivity index (χ1v) is 9.98. The van der Waals surface area contributed by atoms with E-state index in [1.807, 2.05) is 12.1 Å². The predicted molar refractivity (Wildman–Crippen MR) is 96.6 cm³/mol. The van der Waals surface area contributed by atoms with Gasteiger partial charge in [0.05, 0.1) is 20.8 Å². The fraction of sp³-hybridized carbons (Fsp3) is 0.556. The molecule has 3 rings (SSSR count). The molecule has 1 atom stereocenters. The van der Waals surface area contributed by atoms with E-state index < -0.39 is 15.8 Å². The number of rotatable bonds is 5. The van der Waals surface area contributed by atoms with Crippen LogP contribution in [0.3, 0.4) is 0 Å². The van der Waals surface area contributed by atoms with Crippen LogP contribution in [0.2, 0.25) is 0 Å². The summed E-state index contributed by atoms with van der Waals surface area (Å²) in [6, 6.07) is 3.76. The molecule has 0 bridgehead atoms. The van der Waals surface area contributed by atoms with Crippen LogP contribution in [0.1, 0.15) is 25.0 Å². The Hall–Kier alpha value is -1.61. The number of hydrogen-bond donors (Lipinski definition) is 0. The molecule has 0 unspecified atom stereocenters. The van der Waals surface area contributed by atoms with Crippen LogP contribution in [0.25, 0.3) is 0 Å². The Morgan fingerprint density at radius 1 is 1.19 bits per heavy atom. The molecule has 8 heteroatoms. The molecule has 144 valence electrons. The van der Waals surface area contributed by atoms with E-state index in [1.165, 1.54) is 9.71 Å². The minimum absolute atomic E-state index is 0.301. The summed E-state index contributed by atoms with van der Waals surface area (Å²) in [6.45, 7) is 4.68. The van der Waals surface area contributed by atoms with Gasteiger partial charge in [0.1, 0.15) is 6.10 Å². The molecule has 0 amide bonds. The molecule has 2 aliphatic rings. The van der Waals surface area contributed by atoms with Crippen LogP contribution < -0.4 is 9.47 Å². The van der Waals surface area contributed by atoms with Crippen molar-refractivity contribution in [3.8, 4) is 11.5 Å². The number of ether oxygens (including phenoxy) is 4. The Labute approximate surface area is 154 Å². The minimum Gasteiger partial charge on any atom is -0.493 e. The average molecular weight is 383 g/mol. The van der Waals surface area contributed by atoms with Gasteiger partial charge in [-0.05, 0) is 49.6 Å². The lowest BCUT2D eigenvalue weighted by Gasteiger charge is -2.28. The number of hydrogen-bond acceptors (Lipinski definition) is 6. The van der Waals surface area contributed by atoms with Gasteiger partial charge in [-0.15, -0.1) is 0 Å². The standard InChI is InChI=1S/C18H25NO6S/c1-18(2)24-12-15(25-18)6-8-26(20,21)19-7-5-13-9-16(22-3)17(23-4)10-14(13)11-19/h6,8-10,15H,5,7,11-12H2,1-4H3/b8-6+/t15-/m0/s1. The van der Waals surface area contributed by atoms with Crippen molar-refractivity contribution in [3.63, 3.8) is 0 Å². The first-order chi connectivity index (χ1) is 12.2. The van der Waals surface area contributed by atoms with Crippen LogP contribution in [0.4, 0.5) is 0 Å². The maximum Gasteiger partial charge on any atom is 0.236 e. The molecule has 0 aromatic heterocycles. The number of benzene rings is 1. The first-order valence-electron chi connectivity index (χ1n) is 8.48. The summed E-state index contributed by atoms with van der Waals surface area (Å²) >= 11 is 0. The third kappa shape index (κ3) is 4.03. The van der Waals surface area contributed by atoms with Gasteiger partial charge in [-0.3, -0.25) is 0 Å². The summed E-state index contributed by atoms with van der Waals surface area (Å²) < 4.78 is 48.5. The maximum absolute atomic E-state index is 12.7. The van der Waals surface area contributed by atoms with Crippen molar-refractivity contribution >= 4 is 10.0 Å². The summed E-state index contributed by atoms with van der Waals surface area (Å²) in [7, 11) is -0.388. The van der Waals surface area contributed by atoms with E-state index in [0.29, 0.717) is 37.6 Å². The van der Waals surface area contributed by atoms with Gasteiger partial charge in [-0.25, -0.2) is 8.42 Å². The minimum atomic E-state index is -3.54. The molecule has 0 N–H and O–H groups in total. The predicted octanol–water partition coefficient (Wildman–Crippen LogP) is 2.06. The fourth-order valence-corrected chi connectivity index (χ4v) is 4.37. The Morgan fingerprint density at radius 2 is 1.85 bits per heavy atom. The van der Waals surface area contributed by atoms with Gasteiger partial charge in [0.15, 0.2) is 17.3 Å². The maximum atomic E-state index is 12.7. The third-order valence-corrected chi connectivity index (χ3v) is 6.07. The summed E-state index contributed by atoms with van der Waals surface area (Å²) in [5.74, 6) is 0.571. The number of nitrogens with zero attached hydrogens (tertiary/aromatic N) is 1. The molecule has 26 heavy (non-hydrogen) atoms. The lowest BCUT2D eigenvalue weighted by Crippen LogP contribution is -2.35. The summed E-state index contributed by atoms with van der Waals surface area (Å²) in [5, 5.41) is 1.22. The molecule has 2 aliphatic heterocycles. The van der Waals surface area contributed by atoms with Crippen molar-refractivity contribution in [2.24, 2.45) is 0 Å². The second-order valence-corrected chi connectivity index (χ2v) is 8.62. The van der Waals surface area contributed by atoms with Crippen molar-refractivity contribution in [1.29, 1.82) is 0 Å². The highest BCUT2D eigenvalue weighted by molar-refractivity contribution is 7.92. The van der Waals surface area contributed by atoms with Crippen molar-refractivity contribution in [2.45, 2.75) is 38.7 Å². The lowest BCUT2D eigenvalue weighted by atomic mass is 10.0. The van der Waals surface area contributed by atoms with Crippen molar-refractivity contribution in [1.82, 2.24) is 4.31 Å². The molecule has 7 nitrogen and oxygen atoms in total. The van der Waals surface area contributed by atoms with Gasteiger partial charge < -0.3 is 18.9 Å². The number of sulfonamides is 1. The van der Waals surface area contributed by atoms with Crippen molar-refractivity contribution in [3.05, 3.63) is 34.7 Å². The molecule has 1 fully saturated rings. The topological polar surface area (TPSA) is 74.3 Å². The molecule has 0 aliphatic carbocycles. The van der Waals surface area contributed by atoms with Gasteiger partial charge in [0, 0.05) is 18.5 Å². The van der Waals surface area contributed by atoms with Crippen molar-refractivity contribution < 1.29 is 27.4 Å². The molecule has 0 spiro atoms. The highest BCUT2D eigenvalue weighted by Gasteiger charge is 2.32. The quantitative estimate of drug-likeness (QED) is 0.775. The van der Waals surface area contributed by atoms with E-state index in [4.69, 9.17) is 18.9 Å². The van der Waals surface area contributed by atoms with Gasteiger partial charge in [0.2, 0.25) is 10.0 Å². The van der Waals surface area contributed by atoms with Gasteiger partial charge in [0.25, 0.3) is 0 Å². The van der Waals surface area contributed by atoms with E-state index in [0.717, 1.165) is 11.1 Å². The number of fused-ring (bicyclic) bond motifs is 1. The highest BCUT2D eigenvalue weighted by Crippen LogP contribution is 2.34. The SMILES string of the molecule is COc1cc2c(cc1OC)CN(S(=O)(=O)/C=C/[C@H]1COC(C)(C)O1)CC2. The van der Waals surface area contributed by atoms with Crippen LogP contribution >= 0.6 is 0 Å². The largest absolute Gasteiger partial charge is 0.493 e. The molecule has 2 heterocycles. The second kappa shape index (κ2) is 7.19. The molecule has 0 radical (unpaired) electrons. The van der Waals surface area contributed by atoms with Crippen LogP contribution in [0.15, 0.2) is 23.6 Å². The normalized spacial score (nSPS) is 23.2. The van der Waals surface area contributed by atoms with Gasteiger partial charge in [-0.2, -0.15) is 4.31 Å². The lowest BCUT2D eigenvalue weighted by molar-refractivity contribution is -0.133. The molecule has 1 saturated heterocycles. The summed E-state index contributed by atoms with van der Waals surface area (Å²) in [4.78, 5) is 0. The number of methoxy groups -OCH3 is 2. The summed E-state index contributed by atoms with van der Waals surface area (Å²) in [6.07, 6.45) is 1.81. The molecule has 0 saturated carbocycles. The Morgan fingerprint density at radius 3 is 2.42 bits per heavy atom. The Balaban J connectivity index is 1.75. The molecular formula is C18H25NO6S. The Kier molecular flexibility index (Phi) is 5.30. The van der Waals surface area contributed by atoms with E-state index >= 15 is 0 Å². The fourth-order valence-electron chi connectivity index (χ4n) is 3.16. The van der Waals surface area contributed by atoms with Crippen molar-refractivity contribution in [2.75, 3.05) is 27.4 Å². The van der Waals surface area contributed by atoms with Crippen LogP contribution in [0, 0.1) is 0 Å². The van der Waals surface area contributed by atoms with Crippen LogP contribution in [-0.4, -0.2) is 52.0 Å². The monoisotopic (exact) mass is 383 g/mol. The van der Waals surface area contributed by atoms with Gasteiger partial charge in [-0.1, -0.05) is 0 Å². The Bertz CT molecular complexity index is 802. The molecule has 1 aromatic carbocycles. The average Bonchev–Trinajstić information content (AvgIpc) is 2.97.